The van der Waals surface area contributed by atoms with Crippen molar-refractivity contribution in [1.82, 2.24) is 5.32 Å². The van der Waals surface area contributed by atoms with Crippen LogP contribution in [0.25, 0.3) is 0 Å². The lowest BCUT2D eigenvalue weighted by atomic mass is 10.1. The monoisotopic (exact) mass is 305 g/mol. The van der Waals surface area contributed by atoms with Crippen LogP contribution in [0.5, 0.6) is 11.5 Å². The minimum atomic E-state index is -0.473. The number of ether oxygens (including phenoxy) is 2. The number of benzene rings is 1. The Morgan fingerprint density at radius 3 is 2.41 bits per heavy atom. The highest BCUT2D eigenvalue weighted by atomic mass is 16.5. The van der Waals surface area contributed by atoms with E-state index in [2.05, 4.69) is 5.32 Å². The molecule has 0 bridgehead atoms. The van der Waals surface area contributed by atoms with Gasteiger partial charge < -0.3 is 14.8 Å². The third-order valence-electron chi connectivity index (χ3n) is 4.20. The molecule has 1 atom stereocenters. The number of rotatable bonds is 6. The topological polar surface area (TPSA) is 47.6 Å². The first-order valence-electron chi connectivity index (χ1n) is 8.34. The van der Waals surface area contributed by atoms with E-state index in [1.54, 1.807) is 7.11 Å². The summed E-state index contributed by atoms with van der Waals surface area (Å²) in [6, 6.07) is 7.74. The van der Waals surface area contributed by atoms with Crippen LogP contribution >= 0.6 is 0 Å². The Hall–Kier alpha value is -1.71. The van der Waals surface area contributed by atoms with Crippen molar-refractivity contribution in [2.45, 2.75) is 64.0 Å². The van der Waals surface area contributed by atoms with Crippen LogP contribution in [0, 0.1) is 0 Å². The first-order valence-corrected chi connectivity index (χ1v) is 8.34. The number of nitrogens with one attached hydrogen (secondary N) is 1. The number of methoxy groups -OCH3 is 1. The first-order chi connectivity index (χ1) is 10.7. The van der Waals surface area contributed by atoms with Crippen LogP contribution in [0.15, 0.2) is 24.3 Å². The van der Waals surface area contributed by atoms with E-state index >= 15 is 0 Å². The van der Waals surface area contributed by atoms with Gasteiger partial charge in [-0.25, -0.2) is 0 Å². The second kappa shape index (κ2) is 8.66. The van der Waals surface area contributed by atoms with Crippen molar-refractivity contribution in [3.63, 3.8) is 0 Å². The molecule has 0 unspecified atom stereocenters. The van der Waals surface area contributed by atoms with E-state index in [1.807, 2.05) is 31.2 Å². The Morgan fingerprint density at radius 2 is 1.82 bits per heavy atom. The van der Waals surface area contributed by atoms with Gasteiger partial charge in [0.15, 0.2) is 17.6 Å². The highest BCUT2D eigenvalue weighted by Gasteiger charge is 2.23. The molecule has 4 nitrogen and oxygen atoms in total. The fourth-order valence-corrected chi connectivity index (χ4v) is 2.91. The van der Waals surface area contributed by atoms with Crippen LogP contribution in [-0.2, 0) is 4.79 Å². The molecule has 1 aliphatic rings. The maximum atomic E-state index is 12.5. The molecule has 1 aliphatic carbocycles. The largest absolute Gasteiger partial charge is 0.493 e. The normalized spacial score (nSPS) is 17.4. The van der Waals surface area contributed by atoms with Gasteiger partial charge in [0, 0.05) is 6.04 Å². The number of carbonyl (C=O) groups is 1. The average Bonchev–Trinajstić information content (AvgIpc) is 2.81. The second-order valence-corrected chi connectivity index (χ2v) is 5.86. The molecule has 1 aromatic carbocycles. The molecule has 22 heavy (non-hydrogen) atoms. The van der Waals surface area contributed by atoms with Gasteiger partial charge in [0.1, 0.15) is 0 Å². The van der Waals surface area contributed by atoms with Gasteiger partial charge in [-0.05, 0) is 31.4 Å². The molecular formula is C18H27NO3. The number of hydrogen-bond donors (Lipinski definition) is 1. The fourth-order valence-electron chi connectivity index (χ4n) is 2.91. The quantitative estimate of drug-likeness (QED) is 0.815. The van der Waals surface area contributed by atoms with Crippen molar-refractivity contribution in [1.29, 1.82) is 0 Å². The van der Waals surface area contributed by atoms with Gasteiger partial charge in [0.05, 0.1) is 7.11 Å². The van der Waals surface area contributed by atoms with E-state index in [0.717, 1.165) is 12.8 Å². The summed E-state index contributed by atoms with van der Waals surface area (Å²) in [5, 5.41) is 3.16. The van der Waals surface area contributed by atoms with Crippen molar-refractivity contribution in [2.75, 3.05) is 7.11 Å². The van der Waals surface area contributed by atoms with Crippen LogP contribution < -0.4 is 14.8 Å². The maximum absolute atomic E-state index is 12.5. The third kappa shape index (κ3) is 4.65. The second-order valence-electron chi connectivity index (χ2n) is 5.86. The van der Waals surface area contributed by atoms with Crippen molar-refractivity contribution in [2.24, 2.45) is 0 Å². The SMILES string of the molecule is CC[C@@H](Oc1ccccc1OC)C(=O)NC1CCCCCC1. The van der Waals surface area contributed by atoms with Gasteiger partial charge in [0.2, 0.25) is 0 Å². The van der Waals surface area contributed by atoms with Gasteiger partial charge in [-0.2, -0.15) is 0 Å². The van der Waals surface area contributed by atoms with E-state index in [4.69, 9.17) is 9.47 Å². The van der Waals surface area contributed by atoms with E-state index < -0.39 is 6.10 Å². The lowest BCUT2D eigenvalue weighted by Crippen LogP contribution is -2.43. The Morgan fingerprint density at radius 1 is 1.18 bits per heavy atom. The fraction of sp³-hybridized carbons (Fsp3) is 0.611. The molecule has 0 aliphatic heterocycles. The summed E-state index contributed by atoms with van der Waals surface area (Å²) in [6.45, 7) is 1.97. The zero-order valence-corrected chi connectivity index (χ0v) is 13.6. The van der Waals surface area contributed by atoms with Gasteiger partial charge >= 0.3 is 0 Å². The van der Waals surface area contributed by atoms with Crippen molar-refractivity contribution < 1.29 is 14.3 Å². The molecule has 1 saturated carbocycles. The lowest BCUT2D eigenvalue weighted by Gasteiger charge is -2.22. The van der Waals surface area contributed by atoms with Gasteiger partial charge in [0.25, 0.3) is 5.91 Å². The van der Waals surface area contributed by atoms with E-state index in [0.29, 0.717) is 24.0 Å². The van der Waals surface area contributed by atoms with E-state index in [1.165, 1.54) is 25.7 Å². The van der Waals surface area contributed by atoms with Crippen molar-refractivity contribution >= 4 is 5.91 Å². The van der Waals surface area contributed by atoms with Gasteiger partial charge in [-0.15, -0.1) is 0 Å². The number of amides is 1. The van der Waals surface area contributed by atoms with Gasteiger partial charge in [-0.3, -0.25) is 4.79 Å². The minimum Gasteiger partial charge on any atom is -0.493 e. The highest BCUT2D eigenvalue weighted by Crippen LogP contribution is 2.27. The molecule has 0 spiro atoms. The summed E-state index contributed by atoms with van der Waals surface area (Å²) in [5.41, 5.74) is 0. The van der Waals surface area contributed by atoms with Crippen LogP contribution in [0.3, 0.4) is 0 Å². The van der Waals surface area contributed by atoms with Crippen LogP contribution in [-0.4, -0.2) is 25.2 Å². The Kier molecular flexibility index (Phi) is 6.56. The molecular weight excluding hydrogens is 278 g/mol. The molecule has 0 heterocycles. The van der Waals surface area contributed by atoms with E-state index in [9.17, 15) is 4.79 Å². The summed E-state index contributed by atoms with van der Waals surface area (Å²) in [7, 11) is 1.61. The molecule has 1 aromatic rings. The minimum absolute atomic E-state index is 0.0136. The lowest BCUT2D eigenvalue weighted by molar-refractivity contribution is -0.129. The standard InChI is InChI=1S/C18H27NO3/c1-3-15(22-17-13-9-8-12-16(17)21-2)18(20)19-14-10-6-4-5-7-11-14/h8-9,12-15H,3-7,10-11H2,1-2H3,(H,19,20)/t15-/m1/s1. The molecule has 0 radical (unpaired) electrons. The van der Waals surface area contributed by atoms with Crippen LogP contribution in [0.2, 0.25) is 0 Å². The summed E-state index contributed by atoms with van der Waals surface area (Å²) >= 11 is 0. The zero-order valence-electron chi connectivity index (χ0n) is 13.6. The summed E-state index contributed by atoms with van der Waals surface area (Å²) in [6.07, 6.45) is 7.29. The Balaban J connectivity index is 1.96. The summed E-state index contributed by atoms with van der Waals surface area (Å²) < 4.78 is 11.2. The molecule has 0 aromatic heterocycles. The molecule has 2 rings (SSSR count). The van der Waals surface area contributed by atoms with Crippen LogP contribution in [0.4, 0.5) is 0 Å². The predicted octanol–water partition coefficient (Wildman–Crippen LogP) is 3.69. The average molecular weight is 305 g/mol. The van der Waals surface area contributed by atoms with E-state index in [-0.39, 0.29) is 5.91 Å². The maximum Gasteiger partial charge on any atom is 0.261 e. The summed E-state index contributed by atoms with van der Waals surface area (Å²) in [5.74, 6) is 1.26. The molecule has 122 valence electrons. The smallest absolute Gasteiger partial charge is 0.261 e. The Labute approximate surface area is 133 Å². The first kappa shape index (κ1) is 16.7. The number of hydrogen-bond acceptors (Lipinski definition) is 3. The number of carbonyl (C=O) groups excluding carboxylic acids is 1. The molecule has 1 amide bonds. The third-order valence-corrected chi connectivity index (χ3v) is 4.20. The molecule has 1 N–H and O–H groups in total. The predicted molar refractivity (Wildman–Crippen MR) is 87.3 cm³/mol. The zero-order chi connectivity index (χ0) is 15.8. The Bertz CT molecular complexity index is 467. The molecule has 0 saturated heterocycles. The molecule has 1 fully saturated rings. The number of para-hydroxylation sites is 2. The van der Waals surface area contributed by atoms with Gasteiger partial charge in [-0.1, -0.05) is 44.7 Å². The highest BCUT2D eigenvalue weighted by molar-refractivity contribution is 5.81. The van der Waals surface area contributed by atoms with Crippen molar-refractivity contribution in [3.8, 4) is 11.5 Å². The van der Waals surface area contributed by atoms with Crippen molar-refractivity contribution in [3.05, 3.63) is 24.3 Å². The van der Waals surface area contributed by atoms with Crippen LogP contribution in [0.1, 0.15) is 51.9 Å². The summed E-state index contributed by atoms with van der Waals surface area (Å²) in [4.78, 5) is 12.5. The molecule has 4 heteroatoms.